The number of esters is 1. The van der Waals surface area contributed by atoms with Gasteiger partial charge in [0.25, 0.3) is 0 Å². The SMILES string of the molecule is CCN(CC(=O)OCC(=O)[C@@]12O[C@H](C3CCCCC3)O[C@@H]1C[C@H]1[C@@H]3CCC4=CC(=O)C=C[C@]4(C)[C@H]3[C@@H](O)C[C@@]12C)Cc1cc(C(O)CN(CCCCCCOCCCCc2ccccc2)C(=O)OC(C)(C)C)ccc1OP(=O)(OC(C)(C)C)OC(C)(C)C. The van der Waals surface area contributed by atoms with Crippen LogP contribution in [-0.4, -0.2) is 131 Å². The van der Waals surface area contributed by atoms with Crippen molar-refractivity contribution >= 4 is 31.5 Å². The molecular weight excluding hydrogens is 1140 g/mol. The van der Waals surface area contributed by atoms with Crippen LogP contribution < -0.4 is 4.52 Å². The van der Waals surface area contributed by atoms with Gasteiger partial charge in [-0.05, 0) is 187 Å². The molecule has 8 rings (SSSR count). The first kappa shape index (κ1) is 69.6. The van der Waals surface area contributed by atoms with E-state index in [4.69, 9.17) is 37.3 Å². The zero-order chi connectivity index (χ0) is 63.9. The maximum Gasteiger partial charge on any atom is 0.531 e. The number of likely N-dealkylation sites (N-methyl/N-ethyl adjacent to an activating group) is 1. The molecule has 2 aromatic rings. The minimum atomic E-state index is -4.37. The summed E-state index contributed by atoms with van der Waals surface area (Å²) in [5, 5.41) is 24.5. The van der Waals surface area contributed by atoms with Crippen molar-refractivity contribution in [2.24, 2.45) is 34.5 Å². The molecule has 2 N–H and O–H groups in total. The smallest absolute Gasteiger partial charge is 0.457 e. The van der Waals surface area contributed by atoms with Crippen LogP contribution in [0, 0.1) is 34.5 Å². The molecule has 0 aromatic heterocycles. The molecule has 0 spiro atoms. The highest BCUT2D eigenvalue weighted by molar-refractivity contribution is 7.49. The molecule has 4 saturated carbocycles. The van der Waals surface area contributed by atoms with Crippen LogP contribution in [0.5, 0.6) is 5.75 Å². The molecule has 17 nitrogen and oxygen atoms in total. The molecule has 1 heterocycles. The predicted molar refractivity (Wildman–Crippen MR) is 337 cm³/mol. The van der Waals surface area contributed by atoms with Crippen LogP contribution in [-0.2, 0) is 64.6 Å². The number of rotatable bonds is 28. The summed E-state index contributed by atoms with van der Waals surface area (Å²) < 4.78 is 65.0. The van der Waals surface area contributed by atoms with Gasteiger partial charge in [0.2, 0.25) is 5.78 Å². The van der Waals surface area contributed by atoms with E-state index in [2.05, 4.69) is 38.1 Å². The maximum atomic E-state index is 15.4. The molecule has 0 bridgehead atoms. The van der Waals surface area contributed by atoms with Crippen LogP contribution in [0.4, 0.5) is 4.79 Å². The Kier molecular flexibility index (Phi) is 23.0. The van der Waals surface area contributed by atoms with E-state index in [1.807, 2.05) is 19.1 Å². The number of hydrogen-bond acceptors (Lipinski definition) is 16. The number of ketones is 2. The minimum Gasteiger partial charge on any atom is -0.457 e. The van der Waals surface area contributed by atoms with Crippen molar-refractivity contribution in [2.45, 2.75) is 239 Å². The fourth-order valence-electron chi connectivity index (χ4n) is 15.1. The summed E-state index contributed by atoms with van der Waals surface area (Å²) >= 11 is 0. The van der Waals surface area contributed by atoms with Gasteiger partial charge >= 0.3 is 19.9 Å². The van der Waals surface area contributed by atoms with Gasteiger partial charge in [-0.25, -0.2) is 9.36 Å². The van der Waals surface area contributed by atoms with Crippen LogP contribution in [0.1, 0.15) is 202 Å². The number of carbonyl (C=O) groups excluding carboxylic acids is 4. The Balaban J connectivity index is 0.966. The molecule has 6 aliphatic rings. The number of aliphatic hydroxyl groups is 2. The highest BCUT2D eigenvalue weighted by atomic mass is 31.2. The third-order valence-corrected chi connectivity index (χ3v) is 21.0. The van der Waals surface area contributed by atoms with Gasteiger partial charge in [-0.3, -0.25) is 28.3 Å². The number of hydrogen-bond donors (Lipinski definition) is 2. The van der Waals surface area contributed by atoms with Gasteiger partial charge in [0, 0.05) is 54.5 Å². The topological polar surface area (TPSA) is 206 Å². The molecule has 5 aliphatic carbocycles. The Hall–Kier alpha value is -4.29. The van der Waals surface area contributed by atoms with Crippen LogP contribution >= 0.6 is 7.82 Å². The van der Waals surface area contributed by atoms with E-state index in [1.54, 1.807) is 97.6 Å². The average Bonchev–Trinajstić information content (AvgIpc) is 1.48. The third kappa shape index (κ3) is 17.2. The third-order valence-electron chi connectivity index (χ3n) is 19.1. The Labute approximate surface area is 524 Å². The lowest BCUT2D eigenvalue weighted by molar-refractivity contribution is -0.210. The first-order chi connectivity index (χ1) is 41.4. The van der Waals surface area contributed by atoms with Crippen molar-refractivity contribution in [3.05, 3.63) is 89.0 Å². The number of fused-ring (bicyclic) bond motifs is 7. The van der Waals surface area contributed by atoms with Gasteiger partial charge in [-0.1, -0.05) is 101 Å². The number of phosphoric ester groups is 1. The summed E-state index contributed by atoms with van der Waals surface area (Å²) in [5.74, 6) is -1.04. The Morgan fingerprint density at radius 1 is 0.852 bits per heavy atom. The number of carbonyl (C=O) groups is 4. The molecule has 2 aromatic carbocycles. The normalized spacial score (nSPS) is 27.7. The monoisotopic (exact) mass is 1240 g/mol. The zero-order valence-corrected chi connectivity index (χ0v) is 55.9. The molecule has 0 radical (unpaired) electrons. The molecule has 490 valence electrons. The van der Waals surface area contributed by atoms with Crippen molar-refractivity contribution < 1.29 is 71.2 Å². The molecule has 18 heteroatoms. The lowest BCUT2D eigenvalue weighted by atomic mass is 9.46. The number of allylic oxidation sites excluding steroid dienone is 4. The van der Waals surface area contributed by atoms with E-state index in [9.17, 15) is 29.2 Å². The lowest BCUT2D eigenvalue weighted by Gasteiger charge is -2.59. The van der Waals surface area contributed by atoms with E-state index >= 15 is 4.79 Å². The van der Waals surface area contributed by atoms with Gasteiger partial charge in [0.15, 0.2) is 24.3 Å². The summed E-state index contributed by atoms with van der Waals surface area (Å²) in [6, 6.07) is 15.4. The van der Waals surface area contributed by atoms with Crippen molar-refractivity contribution in [2.75, 3.05) is 46.0 Å². The zero-order valence-electron chi connectivity index (χ0n) is 55.0. The van der Waals surface area contributed by atoms with E-state index < -0.39 is 84.3 Å². The number of nitrogens with zero attached hydrogens (tertiary/aromatic N) is 2. The number of Topliss-reactive ketones (excluding diaryl/α,β-unsaturated/α-hetero) is 1. The molecule has 1 unspecified atom stereocenters. The van der Waals surface area contributed by atoms with Crippen molar-refractivity contribution in [1.29, 1.82) is 0 Å². The summed E-state index contributed by atoms with van der Waals surface area (Å²) in [5.41, 5.74) is -2.29. The fourth-order valence-corrected chi connectivity index (χ4v) is 17.0. The van der Waals surface area contributed by atoms with Crippen LogP contribution in [0.15, 0.2) is 72.3 Å². The first-order valence-electron chi connectivity index (χ1n) is 32.9. The second kappa shape index (κ2) is 29.1. The van der Waals surface area contributed by atoms with Crippen LogP contribution in [0.3, 0.4) is 0 Å². The molecule has 88 heavy (non-hydrogen) atoms. The van der Waals surface area contributed by atoms with E-state index in [-0.39, 0.29) is 67.0 Å². The number of aliphatic hydroxyl groups excluding tert-OH is 2. The van der Waals surface area contributed by atoms with Gasteiger partial charge in [0.1, 0.15) is 11.4 Å². The van der Waals surface area contributed by atoms with E-state index in [0.717, 1.165) is 89.2 Å². The summed E-state index contributed by atoms with van der Waals surface area (Å²) in [7, 11) is -4.37. The second-order valence-electron chi connectivity index (χ2n) is 29.3. The minimum absolute atomic E-state index is 0.0219. The summed E-state index contributed by atoms with van der Waals surface area (Å²) in [4.78, 5) is 59.3. The quantitative estimate of drug-likeness (QED) is 0.0462. The molecule has 1 amide bonds. The van der Waals surface area contributed by atoms with Gasteiger partial charge < -0.3 is 43.3 Å². The maximum absolute atomic E-state index is 15.4. The molecular formula is C70H105N2O15P. The standard InChI is InChI=1S/C70H105N2O15P/c1-13-71(46-61(77)81-47-59(76)70-60(82-63(83-70)49-29-20-17-21-30-49)42-55-54-33-32-52-41-53(73)35-36-68(52,11)62(54)56(74)43-69(55,70)12)44-51-40-50(31-34-58(51)85-88(79,86-66(5,6)7)87-67(8,9)10)57(75)45-72(64(78)84-65(2,3)4)37-23-14-15-24-38-80-39-25-22-28-48-26-18-16-19-27-48/h16,18-19,26-27,31,34-36,40-41,49,54-57,60,62-63,74-75H,13-15,17,20-25,28-30,32-33,37-39,42-47H2,1-12H3/t54-,55-,56-,57?,60+,62+,63+,68-,69-,70+/m0/s1. The van der Waals surface area contributed by atoms with Gasteiger partial charge in [-0.15, -0.1) is 0 Å². The Bertz CT molecular complexity index is 2800. The highest BCUT2D eigenvalue weighted by Gasteiger charge is 2.76. The molecule has 1 aliphatic heterocycles. The number of phosphoric acid groups is 1. The van der Waals surface area contributed by atoms with Gasteiger partial charge in [0.05, 0.1) is 42.6 Å². The number of unbranched alkanes of at least 4 members (excludes halogenated alkanes) is 4. The largest absolute Gasteiger partial charge is 0.531 e. The number of aryl methyl sites for hydroxylation is 1. The number of amides is 1. The number of benzene rings is 2. The predicted octanol–water partition coefficient (Wildman–Crippen LogP) is 13.6. The summed E-state index contributed by atoms with van der Waals surface area (Å²) in [6.45, 7) is 23.1. The van der Waals surface area contributed by atoms with Crippen molar-refractivity contribution in [1.82, 2.24) is 9.80 Å². The fraction of sp³-hybridized carbons (Fsp3) is 0.714. The summed E-state index contributed by atoms with van der Waals surface area (Å²) in [6.07, 6.45) is 15.4. The van der Waals surface area contributed by atoms with E-state index in [0.29, 0.717) is 50.1 Å². The molecule has 1 saturated heterocycles. The lowest BCUT2D eigenvalue weighted by Crippen LogP contribution is -2.63. The van der Waals surface area contributed by atoms with Crippen LogP contribution in [0.2, 0.25) is 0 Å². The van der Waals surface area contributed by atoms with E-state index in [1.165, 1.54) is 10.5 Å². The Morgan fingerprint density at radius 3 is 2.20 bits per heavy atom. The molecule has 5 fully saturated rings. The Morgan fingerprint density at radius 2 is 1.53 bits per heavy atom. The molecule has 10 atom stereocenters. The number of ether oxygens (including phenoxy) is 5. The highest BCUT2D eigenvalue weighted by Crippen LogP contribution is 2.70. The van der Waals surface area contributed by atoms with Gasteiger partial charge in [-0.2, -0.15) is 0 Å². The van der Waals surface area contributed by atoms with Crippen molar-refractivity contribution in [3.8, 4) is 5.75 Å². The second-order valence-corrected chi connectivity index (χ2v) is 30.7. The van der Waals surface area contributed by atoms with Crippen molar-refractivity contribution in [3.63, 3.8) is 0 Å². The van der Waals surface area contributed by atoms with Crippen LogP contribution in [0.25, 0.3) is 0 Å². The average molecular weight is 1250 g/mol. The first-order valence-corrected chi connectivity index (χ1v) is 34.4.